The van der Waals surface area contributed by atoms with Gasteiger partial charge in [0, 0.05) is 0 Å². The van der Waals surface area contributed by atoms with Gasteiger partial charge in [0.05, 0.1) is 17.6 Å². The summed E-state index contributed by atoms with van der Waals surface area (Å²) in [5, 5.41) is 4.34. The molecular weight excluding hydrogens is 344 g/mol. The summed E-state index contributed by atoms with van der Waals surface area (Å²) < 4.78 is 12.7. The molecule has 4 bridgehead atoms. The molecule has 0 saturated heterocycles. The fourth-order valence-corrected chi connectivity index (χ4v) is 6.41. The molecule has 1 aromatic rings. The fourth-order valence-electron chi connectivity index (χ4n) is 5.60. The molecule has 4 heteroatoms. The van der Waals surface area contributed by atoms with Crippen LogP contribution in [0.1, 0.15) is 65.4 Å². The first-order chi connectivity index (χ1) is 12.4. The van der Waals surface area contributed by atoms with E-state index in [9.17, 15) is 4.79 Å². The largest absolute Gasteiger partial charge is 0.462 e. The number of thiophene rings is 1. The minimum atomic E-state index is -0.220. The van der Waals surface area contributed by atoms with Crippen LogP contribution < -0.4 is 0 Å². The van der Waals surface area contributed by atoms with Crippen molar-refractivity contribution in [2.24, 2.45) is 29.6 Å². The molecule has 1 atom stereocenters. The van der Waals surface area contributed by atoms with E-state index in [0.29, 0.717) is 29.8 Å². The van der Waals surface area contributed by atoms with E-state index >= 15 is 0 Å². The van der Waals surface area contributed by atoms with E-state index in [-0.39, 0.29) is 23.6 Å². The van der Waals surface area contributed by atoms with Gasteiger partial charge < -0.3 is 9.47 Å². The summed E-state index contributed by atoms with van der Waals surface area (Å²) in [6.45, 7) is 8.45. The van der Waals surface area contributed by atoms with Gasteiger partial charge in [-0.05, 0) is 92.0 Å². The molecule has 0 aliphatic heterocycles. The summed E-state index contributed by atoms with van der Waals surface area (Å²) in [5.74, 6) is 2.40. The summed E-state index contributed by atoms with van der Waals surface area (Å²) in [6, 6.07) is 2.19. The number of rotatable bonds is 6. The van der Waals surface area contributed by atoms with Crippen LogP contribution in [0.2, 0.25) is 0 Å². The van der Waals surface area contributed by atoms with Gasteiger partial charge in [-0.15, -0.1) is 0 Å². The Morgan fingerprint density at radius 2 is 1.73 bits per heavy atom. The van der Waals surface area contributed by atoms with E-state index in [2.05, 4.69) is 37.6 Å². The highest BCUT2D eigenvalue weighted by Gasteiger charge is 2.55. The highest BCUT2D eigenvalue weighted by Crippen LogP contribution is 2.56. The van der Waals surface area contributed by atoms with E-state index in [0.717, 1.165) is 32.1 Å². The number of ether oxygens (including phenoxy) is 2. The van der Waals surface area contributed by atoms with Crippen molar-refractivity contribution in [1.29, 1.82) is 0 Å². The molecule has 0 spiro atoms. The van der Waals surface area contributed by atoms with Gasteiger partial charge in [-0.1, -0.05) is 13.8 Å². The molecule has 1 aromatic heterocycles. The van der Waals surface area contributed by atoms with Gasteiger partial charge in [-0.25, -0.2) is 0 Å². The minimum Gasteiger partial charge on any atom is -0.462 e. The highest BCUT2D eigenvalue weighted by molar-refractivity contribution is 7.08. The van der Waals surface area contributed by atoms with Gasteiger partial charge in [-0.3, -0.25) is 4.79 Å². The molecule has 0 aromatic carbocycles. The van der Waals surface area contributed by atoms with Gasteiger partial charge >= 0.3 is 5.97 Å². The molecule has 3 nitrogen and oxygen atoms in total. The third-order valence-electron chi connectivity index (χ3n) is 7.19. The van der Waals surface area contributed by atoms with Gasteiger partial charge in [-0.2, -0.15) is 11.3 Å². The van der Waals surface area contributed by atoms with Crippen molar-refractivity contribution in [3.8, 4) is 0 Å². The van der Waals surface area contributed by atoms with E-state index in [1.807, 2.05) is 6.92 Å². The highest BCUT2D eigenvalue weighted by atomic mass is 32.1. The number of hydrogen-bond donors (Lipinski definition) is 0. The average molecular weight is 377 g/mol. The molecule has 4 saturated carbocycles. The second-order valence-electron chi connectivity index (χ2n) is 9.30. The van der Waals surface area contributed by atoms with Gasteiger partial charge in [0.25, 0.3) is 0 Å². The zero-order valence-electron chi connectivity index (χ0n) is 16.4. The minimum absolute atomic E-state index is 0.0105. The average Bonchev–Trinajstić information content (AvgIpc) is 3.14. The third kappa shape index (κ3) is 3.24. The van der Waals surface area contributed by atoms with Gasteiger partial charge in [0.1, 0.15) is 6.10 Å². The molecule has 4 fully saturated rings. The Morgan fingerprint density at radius 1 is 1.15 bits per heavy atom. The lowest BCUT2D eigenvalue weighted by molar-refractivity contribution is -0.217. The van der Waals surface area contributed by atoms with Crippen LogP contribution in [0, 0.1) is 29.6 Å². The number of hydrogen-bond acceptors (Lipinski definition) is 4. The van der Waals surface area contributed by atoms with E-state index in [1.165, 1.54) is 5.56 Å². The van der Waals surface area contributed by atoms with Crippen molar-refractivity contribution >= 4 is 17.3 Å². The predicted octanol–water partition coefficient (Wildman–Crippen LogP) is 5.39. The Balaban J connectivity index is 1.42. The molecule has 4 aliphatic carbocycles. The lowest BCUT2D eigenvalue weighted by atomic mass is 9.53. The third-order valence-corrected chi connectivity index (χ3v) is 7.88. The lowest BCUT2D eigenvalue weighted by Crippen LogP contribution is -2.57. The molecule has 1 unspecified atom stereocenters. The smallest absolute Gasteiger partial charge is 0.308 e. The Morgan fingerprint density at radius 3 is 2.23 bits per heavy atom. The zero-order chi connectivity index (χ0) is 18.5. The summed E-state index contributed by atoms with van der Waals surface area (Å²) >= 11 is 1.74. The lowest BCUT2D eigenvalue weighted by Gasteiger charge is -2.58. The van der Waals surface area contributed by atoms with Crippen LogP contribution in [-0.4, -0.2) is 18.2 Å². The fraction of sp³-hybridized carbons (Fsp3) is 0.773. The maximum Gasteiger partial charge on any atom is 0.308 e. The summed E-state index contributed by atoms with van der Waals surface area (Å²) in [7, 11) is 0. The Hall–Kier alpha value is -0.870. The topological polar surface area (TPSA) is 35.5 Å². The molecule has 1 heterocycles. The first kappa shape index (κ1) is 18.5. The van der Waals surface area contributed by atoms with Crippen molar-refractivity contribution in [2.75, 3.05) is 0 Å². The van der Waals surface area contributed by atoms with Crippen LogP contribution >= 0.6 is 11.3 Å². The van der Waals surface area contributed by atoms with E-state index in [1.54, 1.807) is 11.3 Å². The van der Waals surface area contributed by atoms with Crippen LogP contribution in [0.4, 0.5) is 0 Å². The van der Waals surface area contributed by atoms with E-state index in [4.69, 9.17) is 9.47 Å². The van der Waals surface area contributed by atoms with Crippen molar-refractivity contribution in [2.45, 2.75) is 77.6 Å². The van der Waals surface area contributed by atoms with Crippen molar-refractivity contribution < 1.29 is 14.3 Å². The molecule has 0 N–H and O–H groups in total. The normalized spacial score (nSPS) is 36.9. The summed E-state index contributed by atoms with van der Waals surface area (Å²) in [4.78, 5) is 12.3. The van der Waals surface area contributed by atoms with Crippen molar-refractivity contribution in [3.63, 3.8) is 0 Å². The van der Waals surface area contributed by atoms with Crippen LogP contribution in [0.15, 0.2) is 16.8 Å². The monoisotopic (exact) mass is 376 g/mol. The maximum atomic E-state index is 12.3. The molecule has 5 rings (SSSR count). The quantitative estimate of drug-likeness (QED) is 0.624. The standard InChI is InChI=1S/C22H32O3S/c1-5-13(2)21(23)24-19-14-8-16-10-15(19)11-17(9-14)20(16)25-22(3,4)18-6-7-26-12-18/h6-7,12-17,19-20H,5,8-11H2,1-4H3. The summed E-state index contributed by atoms with van der Waals surface area (Å²) in [5.41, 5.74) is 1.07. The molecule has 4 aliphatic rings. The van der Waals surface area contributed by atoms with Crippen molar-refractivity contribution in [1.82, 2.24) is 0 Å². The summed E-state index contributed by atoms with van der Waals surface area (Å²) in [6.07, 6.45) is 6.04. The number of carbonyl (C=O) groups excluding carboxylic acids is 1. The molecule has 0 radical (unpaired) electrons. The molecule has 26 heavy (non-hydrogen) atoms. The predicted molar refractivity (Wildman–Crippen MR) is 104 cm³/mol. The Bertz CT molecular complexity index is 606. The maximum absolute atomic E-state index is 12.3. The van der Waals surface area contributed by atoms with Crippen LogP contribution in [-0.2, 0) is 19.9 Å². The first-order valence-electron chi connectivity index (χ1n) is 10.3. The second-order valence-corrected chi connectivity index (χ2v) is 10.1. The zero-order valence-corrected chi connectivity index (χ0v) is 17.3. The van der Waals surface area contributed by atoms with Gasteiger partial charge in [0.2, 0.25) is 0 Å². The Labute approximate surface area is 161 Å². The van der Waals surface area contributed by atoms with Crippen molar-refractivity contribution in [3.05, 3.63) is 22.4 Å². The number of carbonyl (C=O) groups is 1. The van der Waals surface area contributed by atoms with Gasteiger partial charge in [0.15, 0.2) is 0 Å². The van der Waals surface area contributed by atoms with Crippen LogP contribution in [0.3, 0.4) is 0 Å². The molecule has 0 amide bonds. The van der Waals surface area contributed by atoms with Crippen LogP contribution in [0.5, 0.6) is 0 Å². The first-order valence-corrected chi connectivity index (χ1v) is 11.2. The van der Waals surface area contributed by atoms with E-state index < -0.39 is 0 Å². The SMILES string of the molecule is CCC(C)C(=O)OC1C2CC3CC1CC(C2)C3OC(C)(C)c1ccsc1. The molecular formula is C22H32O3S. The number of esters is 1. The second kappa shape index (κ2) is 6.94. The van der Waals surface area contributed by atoms with Crippen LogP contribution in [0.25, 0.3) is 0 Å². The Kier molecular flexibility index (Phi) is 4.94. The molecule has 144 valence electrons.